The Balaban J connectivity index is 1.74. The smallest absolute Gasteiger partial charge is 0.265 e. The third-order valence-electron chi connectivity index (χ3n) is 5.30. The molecule has 1 saturated heterocycles. The molecule has 0 atom stereocenters. The van der Waals surface area contributed by atoms with Crippen molar-refractivity contribution in [1.29, 1.82) is 0 Å². The minimum Gasteiger partial charge on any atom is -0.339 e. The van der Waals surface area contributed by atoms with Gasteiger partial charge in [0.25, 0.3) is 10.0 Å². The number of aryl methyl sites for hydroxylation is 1. The van der Waals surface area contributed by atoms with Gasteiger partial charge in [0.2, 0.25) is 5.91 Å². The monoisotopic (exact) mass is 385 g/mol. The van der Waals surface area contributed by atoms with Gasteiger partial charge >= 0.3 is 0 Å². The van der Waals surface area contributed by atoms with E-state index in [0.29, 0.717) is 24.3 Å². The summed E-state index contributed by atoms with van der Waals surface area (Å²) in [7, 11) is -1.76. The Hall–Kier alpha value is -2.38. The maximum Gasteiger partial charge on any atom is 0.265 e. The van der Waals surface area contributed by atoms with E-state index in [2.05, 4.69) is 4.90 Å². The van der Waals surface area contributed by atoms with Crippen LogP contribution in [-0.2, 0) is 14.8 Å². The van der Waals surface area contributed by atoms with E-state index in [1.165, 1.54) is 4.31 Å². The lowest BCUT2D eigenvalue weighted by Gasteiger charge is -2.36. The molecule has 4 rings (SSSR count). The largest absolute Gasteiger partial charge is 0.339 e. The van der Waals surface area contributed by atoms with Crippen molar-refractivity contribution in [1.82, 2.24) is 9.80 Å². The maximum atomic E-state index is 13.3. The Morgan fingerprint density at radius 3 is 2.44 bits per heavy atom. The molecule has 2 aliphatic rings. The topological polar surface area (TPSA) is 60.9 Å². The van der Waals surface area contributed by atoms with Gasteiger partial charge in [0.1, 0.15) is 6.54 Å². The molecule has 142 valence electrons. The summed E-state index contributed by atoms with van der Waals surface area (Å²) in [4.78, 5) is 17.0. The number of fused-ring (bicyclic) bond motifs is 3. The minimum atomic E-state index is -3.78. The molecule has 27 heavy (non-hydrogen) atoms. The van der Waals surface area contributed by atoms with Gasteiger partial charge in [0.05, 0.1) is 10.6 Å². The molecule has 0 N–H and O–H groups in total. The molecule has 1 amide bonds. The Kier molecular flexibility index (Phi) is 4.44. The zero-order chi connectivity index (χ0) is 19.2. The van der Waals surface area contributed by atoms with E-state index in [9.17, 15) is 13.2 Å². The predicted octanol–water partition coefficient (Wildman–Crippen LogP) is 1.94. The van der Waals surface area contributed by atoms with Gasteiger partial charge in [0.15, 0.2) is 0 Å². The standard InChI is InChI=1S/C20H23N3O3S/c1-15-7-8-18-17(13-15)16-5-3-4-6-19(16)27(25,26)23(18)14-20(24)22-11-9-21(2)10-12-22/h3-8,13H,9-12,14H2,1-2H3. The van der Waals surface area contributed by atoms with Crippen LogP contribution in [0.15, 0.2) is 47.4 Å². The lowest BCUT2D eigenvalue weighted by Crippen LogP contribution is -2.51. The summed E-state index contributed by atoms with van der Waals surface area (Å²) < 4.78 is 27.8. The summed E-state index contributed by atoms with van der Waals surface area (Å²) in [5.74, 6) is -0.155. The summed E-state index contributed by atoms with van der Waals surface area (Å²) in [6, 6.07) is 12.7. The number of sulfonamides is 1. The van der Waals surface area contributed by atoms with E-state index >= 15 is 0 Å². The van der Waals surface area contributed by atoms with Crippen LogP contribution < -0.4 is 4.31 Å². The third kappa shape index (κ3) is 3.11. The highest BCUT2D eigenvalue weighted by Crippen LogP contribution is 2.43. The first-order valence-corrected chi connectivity index (χ1v) is 10.5. The molecular weight excluding hydrogens is 362 g/mol. The van der Waals surface area contributed by atoms with Gasteiger partial charge in [-0.1, -0.05) is 29.8 Å². The van der Waals surface area contributed by atoms with E-state index in [1.54, 1.807) is 23.1 Å². The van der Waals surface area contributed by atoms with Crippen LogP contribution in [0.25, 0.3) is 11.1 Å². The molecule has 0 radical (unpaired) electrons. The molecule has 7 heteroatoms. The maximum absolute atomic E-state index is 13.3. The number of likely N-dealkylation sites (N-methyl/N-ethyl adjacent to an activating group) is 1. The zero-order valence-electron chi connectivity index (χ0n) is 15.6. The van der Waals surface area contributed by atoms with Crippen LogP contribution in [0.4, 0.5) is 5.69 Å². The number of rotatable bonds is 2. The second kappa shape index (κ2) is 6.65. The van der Waals surface area contributed by atoms with Crippen LogP contribution in [0, 0.1) is 6.92 Å². The molecule has 0 saturated carbocycles. The molecule has 0 aromatic heterocycles. The number of piperazine rings is 1. The Bertz CT molecular complexity index is 995. The van der Waals surface area contributed by atoms with Crippen LogP contribution >= 0.6 is 0 Å². The SMILES string of the molecule is Cc1ccc2c(c1)-c1ccccc1S(=O)(=O)N2CC(=O)N1CCN(C)CC1. The van der Waals surface area contributed by atoms with Gasteiger partial charge < -0.3 is 9.80 Å². The highest BCUT2D eigenvalue weighted by molar-refractivity contribution is 7.93. The minimum absolute atomic E-state index is 0.155. The highest BCUT2D eigenvalue weighted by Gasteiger charge is 2.36. The Morgan fingerprint density at radius 1 is 1.00 bits per heavy atom. The number of carbonyl (C=O) groups excluding carboxylic acids is 1. The fourth-order valence-corrected chi connectivity index (χ4v) is 5.34. The van der Waals surface area contributed by atoms with Gasteiger partial charge in [-0.2, -0.15) is 0 Å². The van der Waals surface area contributed by atoms with E-state index in [0.717, 1.165) is 24.2 Å². The van der Waals surface area contributed by atoms with Crippen molar-refractivity contribution < 1.29 is 13.2 Å². The first-order chi connectivity index (χ1) is 12.9. The molecule has 0 spiro atoms. The number of carbonyl (C=O) groups is 1. The fraction of sp³-hybridized carbons (Fsp3) is 0.350. The number of hydrogen-bond acceptors (Lipinski definition) is 4. The lowest BCUT2D eigenvalue weighted by molar-refractivity contribution is -0.131. The number of hydrogen-bond donors (Lipinski definition) is 0. The Morgan fingerprint density at radius 2 is 1.70 bits per heavy atom. The summed E-state index contributed by atoms with van der Waals surface area (Å²) in [5, 5.41) is 0. The number of amides is 1. The summed E-state index contributed by atoms with van der Waals surface area (Å²) in [6.07, 6.45) is 0. The average molecular weight is 385 g/mol. The van der Waals surface area contributed by atoms with Gasteiger partial charge in [-0.05, 0) is 32.2 Å². The fourth-order valence-electron chi connectivity index (χ4n) is 3.69. The lowest BCUT2D eigenvalue weighted by atomic mass is 10.0. The summed E-state index contributed by atoms with van der Waals surface area (Å²) in [6.45, 7) is 4.66. The van der Waals surface area contributed by atoms with Crippen LogP contribution in [0.3, 0.4) is 0 Å². The van der Waals surface area contributed by atoms with Gasteiger partial charge in [-0.15, -0.1) is 0 Å². The molecular formula is C20H23N3O3S. The first-order valence-electron chi connectivity index (χ1n) is 9.07. The van der Waals surface area contributed by atoms with Crippen LogP contribution in [-0.4, -0.2) is 63.9 Å². The second-order valence-electron chi connectivity index (χ2n) is 7.21. The van der Waals surface area contributed by atoms with Crippen molar-refractivity contribution in [3.63, 3.8) is 0 Å². The molecule has 2 heterocycles. The van der Waals surface area contributed by atoms with E-state index in [4.69, 9.17) is 0 Å². The van der Waals surface area contributed by atoms with Gasteiger partial charge in [0, 0.05) is 37.3 Å². The Labute approximate surface area is 160 Å². The van der Waals surface area contributed by atoms with E-state index in [1.807, 2.05) is 38.2 Å². The third-order valence-corrected chi connectivity index (χ3v) is 7.12. The molecule has 2 aliphatic heterocycles. The van der Waals surface area contributed by atoms with Gasteiger partial charge in [-0.3, -0.25) is 9.10 Å². The van der Waals surface area contributed by atoms with Crippen LogP contribution in [0.1, 0.15) is 5.56 Å². The molecule has 0 unspecified atom stereocenters. The molecule has 2 aromatic rings. The quantitative estimate of drug-likeness (QED) is 0.793. The molecule has 0 aliphatic carbocycles. The number of nitrogens with zero attached hydrogens (tertiary/aromatic N) is 3. The van der Waals surface area contributed by atoms with Crippen molar-refractivity contribution in [2.45, 2.75) is 11.8 Å². The zero-order valence-corrected chi connectivity index (χ0v) is 16.4. The van der Waals surface area contributed by atoms with Crippen LogP contribution in [0.2, 0.25) is 0 Å². The molecule has 2 aromatic carbocycles. The molecule has 6 nitrogen and oxygen atoms in total. The highest BCUT2D eigenvalue weighted by atomic mass is 32.2. The summed E-state index contributed by atoms with van der Waals surface area (Å²) in [5.41, 5.74) is 3.17. The normalized spacial score (nSPS) is 18.7. The first kappa shape index (κ1) is 18.0. The van der Waals surface area contributed by atoms with Crippen molar-refractivity contribution in [3.8, 4) is 11.1 Å². The van der Waals surface area contributed by atoms with Crippen molar-refractivity contribution in [3.05, 3.63) is 48.0 Å². The predicted molar refractivity (Wildman–Crippen MR) is 105 cm³/mol. The number of benzene rings is 2. The second-order valence-corrected chi connectivity index (χ2v) is 9.04. The number of anilines is 1. The summed E-state index contributed by atoms with van der Waals surface area (Å²) >= 11 is 0. The van der Waals surface area contributed by atoms with E-state index in [-0.39, 0.29) is 17.3 Å². The average Bonchev–Trinajstić information content (AvgIpc) is 2.66. The molecule has 1 fully saturated rings. The van der Waals surface area contributed by atoms with E-state index < -0.39 is 10.0 Å². The molecule has 0 bridgehead atoms. The van der Waals surface area contributed by atoms with Crippen molar-refractivity contribution in [2.24, 2.45) is 0 Å². The van der Waals surface area contributed by atoms with Crippen LogP contribution in [0.5, 0.6) is 0 Å². The van der Waals surface area contributed by atoms with Crippen molar-refractivity contribution in [2.75, 3.05) is 44.1 Å². The van der Waals surface area contributed by atoms with Gasteiger partial charge in [-0.25, -0.2) is 8.42 Å². The van der Waals surface area contributed by atoms with Crippen molar-refractivity contribution >= 4 is 21.6 Å².